The van der Waals surface area contributed by atoms with E-state index in [0.717, 1.165) is 37.8 Å². The summed E-state index contributed by atoms with van der Waals surface area (Å²) in [6.07, 6.45) is 5.06. The Hall–Kier alpha value is -2.15. The molecule has 1 fully saturated rings. The second-order valence-corrected chi connectivity index (χ2v) is 4.05. The lowest BCUT2D eigenvalue weighted by molar-refractivity contribution is 0.122. The van der Waals surface area contributed by atoms with Crippen LogP contribution in [0.3, 0.4) is 0 Å². The molecule has 18 heavy (non-hydrogen) atoms. The Morgan fingerprint density at radius 1 is 1.28 bits per heavy atom. The highest BCUT2D eigenvalue weighted by molar-refractivity contribution is 5.62. The molecule has 1 aliphatic heterocycles. The molecule has 0 amide bonds. The maximum Gasteiger partial charge on any atom is 0.130 e. The molecule has 94 valence electrons. The molecule has 2 aromatic rings. The number of rotatable bonds is 2. The van der Waals surface area contributed by atoms with Crippen LogP contribution in [0.2, 0.25) is 0 Å². The molecule has 3 rings (SSSR count). The lowest BCUT2D eigenvalue weighted by Crippen LogP contribution is -2.36. The van der Waals surface area contributed by atoms with Crippen molar-refractivity contribution in [3.05, 3.63) is 24.7 Å². The Morgan fingerprint density at radius 3 is 2.78 bits per heavy atom. The van der Waals surface area contributed by atoms with Gasteiger partial charge in [0.2, 0.25) is 0 Å². The summed E-state index contributed by atoms with van der Waals surface area (Å²) >= 11 is 0. The molecule has 0 spiro atoms. The summed E-state index contributed by atoms with van der Waals surface area (Å²) in [6.45, 7) is 3.14. The molecule has 0 bridgehead atoms. The maximum atomic E-state index is 6.03. The van der Waals surface area contributed by atoms with E-state index in [-0.39, 0.29) is 0 Å². The normalized spacial score (nSPS) is 15.9. The van der Waals surface area contributed by atoms with E-state index in [1.807, 2.05) is 6.07 Å². The second kappa shape index (κ2) is 4.61. The van der Waals surface area contributed by atoms with Gasteiger partial charge in [-0.15, -0.1) is 5.10 Å². The van der Waals surface area contributed by atoms with Gasteiger partial charge in [-0.05, 0) is 0 Å². The molecular formula is C11H14N6O. The number of morpholine rings is 1. The van der Waals surface area contributed by atoms with Gasteiger partial charge in [0.15, 0.2) is 0 Å². The maximum absolute atomic E-state index is 6.03. The number of nitrogens with two attached hydrogens (primary N) is 1. The van der Waals surface area contributed by atoms with E-state index >= 15 is 0 Å². The molecule has 0 aromatic carbocycles. The summed E-state index contributed by atoms with van der Waals surface area (Å²) in [4.78, 5) is 6.58. The van der Waals surface area contributed by atoms with Crippen molar-refractivity contribution < 1.29 is 4.74 Å². The number of hydrogen-bond acceptors (Lipinski definition) is 6. The van der Waals surface area contributed by atoms with Crippen LogP contribution in [0.4, 0.5) is 11.5 Å². The third kappa shape index (κ3) is 2.00. The van der Waals surface area contributed by atoms with Crippen molar-refractivity contribution in [2.45, 2.75) is 0 Å². The molecule has 0 atom stereocenters. The molecule has 0 saturated carbocycles. The fourth-order valence-electron chi connectivity index (χ4n) is 1.95. The van der Waals surface area contributed by atoms with Crippen LogP contribution in [0, 0.1) is 0 Å². The monoisotopic (exact) mass is 246 g/mol. The summed E-state index contributed by atoms with van der Waals surface area (Å²) in [7, 11) is 0. The summed E-state index contributed by atoms with van der Waals surface area (Å²) in [5.74, 6) is 0.875. The minimum atomic E-state index is 0.636. The predicted molar refractivity (Wildman–Crippen MR) is 66.6 cm³/mol. The summed E-state index contributed by atoms with van der Waals surface area (Å²) < 4.78 is 6.91. The van der Waals surface area contributed by atoms with Crippen LogP contribution in [0.1, 0.15) is 0 Å². The summed E-state index contributed by atoms with van der Waals surface area (Å²) in [5, 5.41) is 7.66. The number of ether oxygens (including phenoxy) is 1. The number of anilines is 2. The van der Waals surface area contributed by atoms with Crippen molar-refractivity contribution in [3.63, 3.8) is 0 Å². The molecule has 0 aliphatic carbocycles. The molecule has 1 aliphatic rings. The Kier molecular flexibility index (Phi) is 2.81. The topological polar surface area (TPSA) is 82.1 Å². The highest BCUT2D eigenvalue weighted by Gasteiger charge is 2.14. The first-order valence-electron chi connectivity index (χ1n) is 5.79. The summed E-state index contributed by atoms with van der Waals surface area (Å²) in [5.41, 5.74) is 7.41. The molecule has 3 heterocycles. The van der Waals surface area contributed by atoms with Gasteiger partial charge in [0, 0.05) is 19.2 Å². The van der Waals surface area contributed by atoms with Crippen LogP contribution in [0.15, 0.2) is 24.7 Å². The standard InChI is InChI=1S/C11H14N6O/c12-9-7-11(16-3-5-18-6-4-16)13-8-10(9)17-2-1-14-15-17/h1-2,7-8H,3-6H2,(H2,12,13). The average Bonchev–Trinajstić information content (AvgIpc) is 2.93. The number of hydrogen-bond donors (Lipinski definition) is 1. The van der Waals surface area contributed by atoms with E-state index in [4.69, 9.17) is 10.5 Å². The number of aromatic nitrogens is 4. The second-order valence-electron chi connectivity index (χ2n) is 4.05. The average molecular weight is 246 g/mol. The molecular weight excluding hydrogens is 232 g/mol. The van der Waals surface area contributed by atoms with E-state index in [9.17, 15) is 0 Å². The highest BCUT2D eigenvalue weighted by Crippen LogP contribution is 2.21. The van der Waals surface area contributed by atoms with Crippen LogP contribution in [-0.2, 0) is 4.74 Å². The first-order valence-corrected chi connectivity index (χ1v) is 5.79. The zero-order valence-electron chi connectivity index (χ0n) is 9.86. The molecule has 2 aromatic heterocycles. The van der Waals surface area contributed by atoms with Gasteiger partial charge in [0.1, 0.15) is 11.5 Å². The SMILES string of the molecule is Nc1cc(N2CCOCC2)ncc1-n1ccnn1. The van der Waals surface area contributed by atoms with Gasteiger partial charge in [0.05, 0.1) is 37.5 Å². The van der Waals surface area contributed by atoms with Crippen molar-refractivity contribution in [1.82, 2.24) is 20.0 Å². The van der Waals surface area contributed by atoms with Crippen molar-refractivity contribution in [2.75, 3.05) is 36.9 Å². The van der Waals surface area contributed by atoms with Crippen LogP contribution < -0.4 is 10.6 Å². The van der Waals surface area contributed by atoms with Crippen molar-refractivity contribution in [1.29, 1.82) is 0 Å². The van der Waals surface area contributed by atoms with E-state index in [1.54, 1.807) is 23.3 Å². The molecule has 0 radical (unpaired) electrons. The summed E-state index contributed by atoms with van der Waals surface area (Å²) in [6, 6.07) is 1.86. The smallest absolute Gasteiger partial charge is 0.130 e. The van der Waals surface area contributed by atoms with Crippen molar-refractivity contribution in [3.8, 4) is 5.69 Å². The zero-order chi connectivity index (χ0) is 12.4. The Balaban J connectivity index is 1.89. The first-order chi connectivity index (χ1) is 8.84. The van der Waals surface area contributed by atoms with Gasteiger partial charge >= 0.3 is 0 Å². The van der Waals surface area contributed by atoms with Crippen LogP contribution in [0.25, 0.3) is 5.69 Å². The molecule has 2 N–H and O–H groups in total. The zero-order valence-corrected chi connectivity index (χ0v) is 9.86. The fraction of sp³-hybridized carbons (Fsp3) is 0.364. The highest BCUT2D eigenvalue weighted by atomic mass is 16.5. The van der Waals surface area contributed by atoms with Gasteiger partial charge < -0.3 is 15.4 Å². The van der Waals surface area contributed by atoms with Gasteiger partial charge in [-0.1, -0.05) is 5.21 Å². The van der Waals surface area contributed by atoms with Crippen LogP contribution in [0.5, 0.6) is 0 Å². The van der Waals surface area contributed by atoms with Gasteiger partial charge in [-0.2, -0.15) is 0 Å². The third-order valence-corrected chi connectivity index (χ3v) is 2.90. The molecule has 7 nitrogen and oxygen atoms in total. The fourth-order valence-corrected chi connectivity index (χ4v) is 1.95. The molecule has 7 heteroatoms. The Morgan fingerprint density at radius 2 is 2.11 bits per heavy atom. The number of nitrogen functional groups attached to an aromatic ring is 1. The minimum Gasteiger partial charge on any atom is -0.397 e. The van der Waals surface area contributed by atoms with Gasteiger partial charge in [-0.3, -0.25) is 0 Å². The van der Waals surface area contributed by atoms with Crippen LogP contribution >= 0.6 is 0 Å². The Bertz CT molecular complexity index is 520. The van der Waals surface area contributed by atoms with Crippen molar-refractivity contribution in [2.24, 2.45) is 0 Å². The molecule has 1 saturated heterocycles. The van der Waals surface area contributed by atoms with E-state index in [0.29, 0.717) is 5.69 Å². The molecule has 0 unspecified atom stereocenters. The van der Waals surface area contributed by atoms with E-state index in [1.165, 1.54) is 0 Å². The lowest BCUT2D eigenvalue weighted by atomic mass is 10.3. The van der Waals surface area contributed by atoms with Gasteiger partial charge in [0.25, 0.3) is 0 Å². The Labute approximate surface area is 104 Å². The number of pyridine rings is 1. The third-order valence-electron chi connectivity index (χ3n) is 2.90. The minimum absolute atomic E-state index is 0.636. The quantitative estimate of drug-likeness (QED) is 0.808. The van der Waals surface area contributed by atoms with Crippen LogP contribution in [-0.4, -0.2) is 46.3 Å². The predicted octanol–water partition coefficient (Wildman–Crippen LogP) is 0.0811. The number of nitrogens with zero attached hydrogens (tertiary/aromatic N) is 5. The van der Waals surface area contributed by atoms with E-state index in [2.05, 4.69) is 20.2 Å². The van der Waals surface area contributed by atoms with Crippen molar-refractivity contribution >= 4 is 11.5 Å². The largest absolute Gasteiger partial charge is 0.397 e. The lowest BCUT2D eigenvalue weighted by Gasteiger charge is -2.28. The first kappa shape index (κ1) is 11.0. The van der Waals surface area contributed by atoms with Gasteiger partial charge in [-0.25, -0.2) is 9.67 Å². The van der Waals surface area contributed by atoms with E-state index < -0.39 is 0 Å².